The van der Waals surface area contributed by atoms with E-state index in [4.69, 9.17) is 21.1 Å². The molecule has 0 aliphatic carbocycles. The van der Waals surface area contributed by atoms with E-state index in [2.05, 4.69) is 5.32 Å². The highest BCUT2D eigenvalue weighted by atomic mass is 35.5. The molecule has 0 radical (unpaired) electrons. The molecular weight excluding hydrogens is 787 g/mol. The number of rotatable bonds is 16. The van der Waals surface area contributed by atoms with Crippen LogP contribution in [0.1, 0.15) is 24.5 Å². The molecule has 296 valence electrons. The molecule has 2 unspecified atom stereocenters. The Kier molecular flexibility index (Phi) is 12.9. The Morgan fingerprint density at radius 2 is 1.12 bits per heavy atom. The minimum Gasteiger partial charge on any atom is -0.456 e. The number of halogens is 1. The van der Waals surface area contributed by atoms with E-state index in [1.165, 1.54) is 48.2 Å². The normalized spacial score (nSPS) is 16.0. The maximum Gasteiger partial charge on any atom is 0.407 e. The number of esters is 1. The molecule has 58 heavy (non-hydrogen) atoms. The van der Waals surface area contributed by atoms with Crippen LogP contribution in [0.2, 0.25) is 0 Å². The summed E-state index contributed by atoms with van der Waals surface area (Å²) in [5.74, 6) is -4.01. The Bertz CT molecular complexity index is 2220. The van der Waals surface area contributed by atoms with E-state index >= 15 is 4.79 Å². The van der Waals surface area contributed by atoms with Crippen LogP contribution in [-0.2, 0) is 37.1 Å². The van der Waals surface area contributed by atoms with Gasteiger partial charge in [-0.25, -0.2) is 9.59 Å². The van der Waals surface area contributed by atoms with Crippen LogP contribution in [0.4, 0.5) is 16.2 Å². The van der Waals surface area contributed by atoms with Gasteiger partial charge in [0.25, 0.3) is 17.2 Å². The Morgan fingerprint density at radius 3 is 1.55 bits per heavy atom. The zero-order valence-electron chi connectivity index (χ0n) is 31.0. The van der Waals surface area contributed by atoms with E-state index < -0.39 is 83.7 Å². The van der Waals surface area contributed by atoms with Crippen molar-refractivity contribution in [2.75, 3.05) is 0 Å². The van der Waals surface area contributed by atoms with Crippen molar-refractivity contribution in [3.05, 3.63) is 171 Å². The third-order valence-corrected chi connectivity index (χ3v) is 14.7. The summed E-state index contributed by atoms with van der Waals surface area (Å²) >= 11 is 6.05. The molecule has 1 fully saturated rings. The molecule has 1 saturated heterocycles. The van der Waals surface area contributed by atoms with Crippen LogP contribution < -0.4 is 21.2 Å². The van der Waals surface area contributed by atoms with Crippen molar-refractivity contribution in [3.63, 3.8) is 0 Å². The zero-order chi connectivity index (χ0) is 41.4. The summed E-state index contributed by atoms with van der Waals surface area (Å²) in [6, 6.07) is 37.0. The Balaban J connectivity index is 1.44. The largest absolute Gasteiger partial charge is 0.456 e. The molecule has 6 rings (SSSR count). The van der Waals surface area contributed by atoms with Gasteiger partial charge in [-0.1, -0.05) is 78.9 Å². The molecule has 0 saturated carbocycles. The number of para-hydroxylation sites is 2. The minimum absolute atomic E-state index is 0.125. The number of likely N-dealkylation sites (tertiary alicyclic amines) is 1. The fourth-order valence-electron chi connectivity index (χ4n) is 7.45. The molecule has 0 bridgehead atoms. The molecule has 1 aliphatic rings. The standard InChI is InChI=1S/C42H36ClN4O10P/c1-28(44-42(51)57-27-30-16-12-14-24-35(30)47(54)55)38-36(25-37(43)48)45(39(38)49)40(41(50)56-26-29-15-11-13-23-34(29)46(52)53)58(31-17-5-2-6-18-31,32-19-7-3-8-20-32)33-21-9-4-10-22-33/h2-24,28,36,38,40H,25-27H2,1H3/p+1/t28?,36-,38-,40?/m0/s1. The first-order chi connectivity index (χ1) is 27.9. The van der Waals surface area contributed by atoms with Gasteiger partial charge in [0, 0.05) is 24.6 Å². The van der Waals surface area contributed by atoms with Crippen molar-refractivity contribution in [3.8, 4) is 0 Å². The number of nitro groups is 2. The summed E-state index contributed by atoms with van der Waals surface area (Å²) in [5, 5.41) is 27.3. The van der Waals surface area contributed by atoms with Gasteiger partial charge < -0.3 is 14.8 Å². The van der Waals surface area contributed by atoms with Crippen LogP contribution >= 0.6 is 18.9 Å². The van der Waals surface area contributed by atoms with Crippen LogP contribution in [0.3, 0.4) is 0 Å². The van der Waals surface area contributed by atoms with Crippen molar-refractivity contribution >= 4 is 69.4 Å². The van der Waals surface area contributed by atoms with Gasteiger partial charge in [0.05, 0.1) is 32.9 Å². The number of nitro benzene ring substituents is 2. The number of nitrogens with zero attached hydrogens (tertiary/aromatic N) is 3. The second-order valence-electron chi connectivity index (χ2n) is 13.4. The molecule has 4 atom stereocenters. The van der Waals surface area contributed by atoms with Gasteiger partial charge in [0.2, 0.25) is 11.1 Å². The number of carbonyl (C=O) groups excluding carboxylic acids is 4. The van der Waals surface area contributed by atoms with Gasteiger partial charge in [-0.3, -0.25) is 34.7 Å². The summed E-state index contributed by atoms with van der Waals surface area (Å²) < 4.78 is 11.3. The second-order valence-corrected chi connectivity index (χ2v) is 17.3. The van der Waals surface area contributed by atoms with E-state index in [0.717, 1.165) is 0 Å². The maximum absolute atomic E-state index is 15.1. The van der Waals surface area contributed by atoms with Crippen LogP contribution in [0, 0.1) is 26.1 Å². The van der Waals surface area contributed by atoms with Gasteiger partial charge in [-0.2, -0.15) is 0 Å². The van der Waals surface area contributed by atoms with Crippen molar-refractivity contribution in [2.24, 2.45) is 5.92 Å². The van der Waals surface area contributed by atoms with Crippen molar-refractivity contribution in [1.29, 1.82) is 0 Å². The summed E-state index contributed by atoms with van der Waals surface area (Å²) in [6.45, 7) is 0.599. The molecule has 14 nitrogen and oxygen atoms in total. The van der Waals surface area contributed by atoms with Crippen molar-refractivity contribution in [1.82, 2.24) is 10.2 Å². The number of hydrogen-bond donors (Lipinski definition) is 1. The van der Waals surface area contributed by atoms with E-state index in [1.807, 2.05) is 91.0 Å². The molecule has 1 aliphatic heterocycles. The number of nitrogens with one attached hydrogen (secondary N) is 1. The number of amides is 2. The number of benzene rings is 5. The minimum atomic E-state index is -3.38. The highest BCUT2D eigenvalue weighted by Gasteiger charge is 2.67. The maximum atomic E-state index is 15.1. The Hall–Kier alpha value is -6.50. The highest BCUT2D eigenvalue weighted by molar-refractivity contribution is 7.96. The first-order valence-electron chi connectivity index (χ1n) is 18.1. The van der Waals surface area contributed by atoms with Crippen LogP contribution in [0.25, 0.3) is 0 Å². The molecular formula is C42H37ClN4O10P+. The first kappa shape index (κ1) is 41.1. The number of ether oxygens (including phenoxy) is 2. The highest BCUT2D eigenvalue weighted by Crippen LogP contribution is 2.63. The van der Waals surface area contributed by atoms with Crippen molar-refractivity contribution in [2.45, 2.75) is 44.4 Å². The smallest absolute Gasteiger partial charge is 0.407 e. The van der Waals surface area contributed by atoms with E-state index in [0.29, 0.717) is 15.9 Å². The van der Waals surface area contributed by atoms with Crippen LogP contribution in [0.15, 0.2) is 140 Å². The summed E-state index contributed by atoms with van der Waals surface area (Å²) in [7, 11) is -3.38. The lowest BCUT2D eigenvalue weighted by Crippen LogP contribution is -2.72. The van der Waals surface area contributed by atoms with Gasteiger partial charge in [-0.05, 0) is 67.1 Å². The predicted octanol–water partition coefficient (Wildman–Crippen LogP) is 6.16. The second kappa shape index (κ2) is 18.2. The average molecular weight is 824 g/mol. The number of hydrogen-bond acceptors (Lipinski definition) is 10. The monoisotopic (exact) mass is 823 g/mol. The SMILES string of the molecule is CC(NC(=O)OCc1ccccc1[N+](=O)[O-])[C@@H]1C(=O)N(C(C(=O)OCc2ccccc2[N+](=O)[O-])[P+](c2ccccc2)(c2ccccc2)c2ccccc2)[C@H]1CC(=O)Cl. The molecule has 5 aromatic rings. The lowest BCUT2D eigenvalue weighted by Gasteiger charge is -2.53. The van der Waals surface area contributed by atoms with E-state index in [-0.39, 0.29) is 22.5 Å². The average Bonchev–Trinajstić information content (AvgIpc) is 3.23. The van der Waals surface area contributed by atoms with E-state index in [1.54, 1.807) is 12.1 Å². The van der Waals surface area contributed by atoms with Gasteiger partial charge in [0.15, 0.2) is 0 Å². The fourth-order valence-corrected chi connectivity index (χ4v) is 12.3. The molecule has 0 aromatic heterocycles. The van der Waals surface area contributed by atoms with Gasteiger partial charge >= 0.3 is 12.1 Å². The summed E-state index contributed by atoms with van der Waals surface area (Å²) in [4.78, 5) is 79.3. The lowest BCUT2D eigenvalue weighted by molar-refractivity contribution is -0.386. The molecule has 0 spiro atoms. The molecule has 1 N–H and O–H groups in total. The summed E-state index contributed by atoms with van der Waals surface area (Å²) in [5.41, 5.74) is -0.227. The van der Waals surface area contributed by atoms with Gasteiger partial charge in [-0.15, -0.1) is 0 Å². The third-order valence-electron chi connectivity index (χ3n) is 10.0. The Labute approximate surface area is 338 Å². The molecule has 5 aromatic carbocycles. The molecule has 16 heteroatoms. The molecule has 2 amide bonds. The molecule has 1 heterocycles. The predicted molar refractivity (Wildman–Crippen MR) is 217 cm³/mol. The third kappa shape index (κ3) is 8.43. The Morgan fingerprint density at radius 1 is 0.707 bits per heavy atom. The topological polar surface area (TPSA) is 188 Å². The van der Waals surface area contributed by atoms with Crippen LogP contribution in [-0.4, -0.2) is 55.8 Å². The zero-order valence-corrected chi connectivity index (χ0v) is 32.6. The summed E-state index contributed by atoms with van der Waals surface area (Å²) in [6.07, 6.45) is -1.39. The number of alkyl carbamates (subject to hydrolysis) is 1. The first-order valence-corrected chi connectivity index (χ1v) is 20.3. The quantitative estimate of drug-likeness (QED) is 0.0301. The van der Waals surface area contributed by atoms with E-state index in [9.17, 15) is 34.6 Å². The van der Waals surface area contributed by atoms with Crippen molar-refractivity contribution < 1.29 is 38.5 Å². The van der Waals surface area contributed by atoms with Crippen LogP contribution in [0.5, 0.6) is 0 Å². The number of β-lactam (4-membered cyclic amide) rings is 1. The van der Waals surface area contributed by atoms with Gasteiger partial charge in [0.1, 0.15) is 36.4 Å². The number of carbonyl (C=O) groups is 4. The fraction of sp³-hybridized carbons (Fsp3) is 0.190. The lowest BCUT2D eigenvalue weighted by atomic mass is 9.80.